The Bertz CT molecular complexity index is 637. The average molecular weight is 272 g/mol. The molecule has 0 spiro atoms. The summed E-state index contributed by atoms with van der Waals surface area (Å²) in [5.41, 5.74) is 1.37. The van der Waals surface area contributed by atoms with E-state index >= 15 is 0 Å². The molecule has 20 heavy (non-hydrogen) atoms. The number of benzene rings is 2. The topological polar surface area (TPSA) is 37.3 Å². The molecular formula is C17H17FO2. The molecule has 0 aliphatic carbocycles. The third-order valence-electron chi connectivity index (χ3n) is 3.17. The van der Waals surface area contributed by atoms with Gasteiger partial charge in [-0.05, 0) is 53.4 Å². The molecule has 2 aromatic carbocycles. The van der Waals surface area contributed by atoms with E-state index in [-0.39, 0.29) is 22.8 Å². The van der Waals surface area contributed by atoms with E-state index in [0.29, 0.717) is 16.7 Å². The van der Waals surface area contributed by atoms with Gasteiger partial charge in [-0.15, -0.1) is 0 Å². The van der Waals surface area contributed by atoms with E-state index in [2.05, 4.69) is 0 Å². The molecule has 0 aromatic heterocycles. The standard InChI is InChI=1S/C17H17FO2/c1-17(2,3)14-10-12(6-9-15(14)19)16(20)11-4-7-13(18)8-5-11/h4-10,19H,1-3H3. The van der Waals surface area contributed by atoms with Crippen LogP contribution in [0.25, 0.3) is 0 Å². The minimum atomic E-state index is -0.373. The zero-order valence-electron chi connectivity index (χ0n) is 11.8. The van der Waals surface area contributed by atoms with Crippen LogP contribution in [0.1, 0.15) is 42.3 Å². The molecule has 0 heterocycles. The molecule has 0 unspecified atom stereocenters. The van der Waals surface area contributed by atoms with Gasteiger partial charge in [-0.1, -0.05) is 20.8 Å². The third kappa shape index (κ3) is 2.87. The lowest BCUT2D eigenvalue weighted by atomic mass is 9.84. The molecule has 2 rings (SSSR count). The van der Waals surface area contributed by atoms with Crippen molar-refractivity contribution in [2.24, 2.45) is 0 Å². The predicted molar refractivity (Wildman–Crippen MR) is 76.6 cm³/mol. The van der Waals surface area contributed by atoms with Gasteiger partial charge in [-0.25, -0.2) is 4.39 Å². The zero-order valence-corrected chi connectivity index (χ0v) is 11.8. The number of aromatic hydroxyl groups is 1. The Labute approximate surface area is 117 Å². The Morgan fingerprint density at radius 1 is 1.00 bits per heavy atom. The number of phenolic OH excluding ortho intramolecular Hbond substituents is 1. The lowest BCUT2D eigenvalue weighted by Crippen LogP contribution is -2.13. The van der Waals surface area contributed by atoms with Crippen LogP contribution >= 0.6 is 0 Å². The molecule has 0 saturated heterocycles. The van der Waals surface area contributed by atoms with Crippen molar-refractivity contribution in [3.05, 3.63) is 65.0 Å². The zero-order chi connectivity index (χ0) is 14.9. The summed E-state index contributed by atoms with van der Waals surface area (Å²) in [6.07, 6.45) is 0. The maximum atomic E-state index is 12.9. The first-order valence-electron chi connectivity index (χ1n) is 6.43. The van der Waals surface area contributed by atoms with Crippen molar-refractivity contribution >= 4 is 5.78 Å². The first-order chi connectivity index (χ1) is 9.29. The first-order valence-corrected chi connectivity index (χ1v) is 6.43. The van der Waals surface area contributed by atoms with Crippen molar-refractivity contribution in [3.8, 4) is 5.75 Å². The molecule has 0 saturated carbocycles. The fourth-order valence-corrected chi connectivity index (χ4v) is 2.05. The number of ketones is 1. The van der Waals surface area contributed by atoms with Gasteiger partial charge in [-0.2, -0.15) is 0 Å². The summed E-state index contributed by atoms with van der Waals surface area (Å²) in [5, 5.41) is 9.90. The van der Waals surface area contributed by atoms with Crippen LogP contribution in [0, 0.1) is 5.82 Å². The molecule has 0 bridgehead atoms. The second-order valence-electron chi connectivity index (χ2n) is 5.82. The summed E-state index contributed by atoms with van der Waals surface area (Å²) >= 11 is 0. The van der Waals surface area contributed by atoms with Crippen LogP contribution in [-0.4, -0.2) is 10.9 Å². The van der Waals surface area contributed by atoms with E-state index in [9.17, 15) is 14.3 Å². The number of hydrogen-bond acceptors (Lipinski definition) is 2. The summed E-state index contributed by atoms with van der Waals surface area (Å²) in [6.45, 7) is 5.90. The minimum Gasteiger partial charge on any atom is -0.508 e. The van der Waals surface area contributed by atoms with Crippen molar-refractivity contribution < 1.29 is 14.3 Å². The van der Waals surface area contributed by atoms with Gasteiger partial charge < -0.3 is 5.11 Å². The summed E-state index contributed by atoms with van der Waals surface area (Å²) in [5.74, 6) is -0.383. The Balaban J connectivity index is 2.43. The van der Waals surface area contributed by atoms with Gasteiger partial charge in [0.1, 0.15) is 11.6 Å². The lowest BCUT2D eigenvalue weighted by Gasteiger charge is -2.21. The highest BCUT2D eigenvalue weighted by Gasteiger charge is 2.20. The second-order valence-corrected chi connectivity index (χ2v) is 5.82. The molecule has 1 N–H and O–H groups in total. The number of hydrogen-bond donors (Lipinski definition) is 1. The van der Waals surface area contributed by atoms with E-state index in [4.69, 9.17) is 0 Å². The number of halogens is 1. The van der Waals surface area contributed by atoms with E-state index < -0.39 is 0 Å². The van der Waals surface area contributed by atoms with Crippen LogP contribution in [0.3, 0.4) is 0 Å². The molecule has 0 aliphatic heterocycles. The summed E-state index contributed by atoms with van der Waals surface area (Å²) in [6, 6.07) is 10.2. The molecule has 0 aliphatic rings. The summed E-state index contributed by atoms with van der Waals surface area (Å²) < 4.78 is 12.9. The molecule has 0 fully saturated rings. The highest BCUT2D eigenvalue weighted by atomic mass is 19.1. The Morgan fingerprint density at radius 2 is 1.55 bits per heavy atom. The lowest BCUT2D eigenvalue weighted by molar-refractivity contribution is 0.103. The van der Waals surface area contributed by atoms with E-state index in [1.54, 1.807) is 12.1 Å². The number of carbonyl (C=O) groups is 1. The van der Waals surface area contributed by atoms with Gasteiger partial charge in [0.05, 0.1) is 0 Å². The summed E-state index contributed by atoms with van der Waals surface area (Å²) in [7, 11) is 0. The molecule has 0 atom stereocenters. The number of phenols is 1. The van der Waals surface area contributed by atoms with Crippen LogP contribution in [0.4, 0.5) is 4.39 Å². The first kappa shape index (κ1) is 14.3. The highest BCUT2D eigenvalue weighted by molar-refractivity contribution is 6.09. The van der Waals surface area contributed by atoms with Crippen molar-refractivity contribution in [2.75, 3.05) is 0 Å². The SMILES string of the molecule is CC(C)(C)c1cc(C(=O)c2ccc(F)cc2)ccc1O. The average Bonchev–Trinajstić information content (AvgIpc) is 2.38. The molecular weight excluding hydrogens is 255 g/mol. The van der Waals surface area contributed by atoms with Crippen molar-refractivity contribution in [1.82, 2.24) is 0 Å². The van der Waals surface area contributed by atoms with Gasteiger partial charge >= 0.3 is 0 Å². The van der Waals surface area contributed by atoms with Crippen LogP contribution < -0.4 is 0 Å². The van der Waals surface area contributed by atoms with Crippen molar-refractivity contribution in [3.63, 3.8) is 0 Å². The molecule has 0 radical (unpaired) electrons. The van der Waals surface area contributed by atoms with Crippen molar-refractivity contribution in [2.45, 2.75) is 26.2 Å². The van der Waals surface area contributed by atoms with Crippen LogP contribution in [0.2, 0.25) is 0 Å². The Hall–Kier alpha value is -2.16. The highest BCUT2D eigenvalue weighted by Crippen LogP contribution is 2.31. The van der Waals surface area contributed by atoms with Gasteiger partial charge in [0.2, 0.25) is 0 Å². The number of carbonyl (C=O) groups excluding carboxylic acids is 1. The molecule has 2 nitrogen and oxygen atoms in total. The minimum absolute atomic E-state index is 0.174. The number of rotatable bonds is 2. The van der Waals surface area contributed by atoms with E-state index in [1.807, 2.05) is 20.8 Å². The third-order valence-corrected chi connectivity index (χ3v) is 3.17. The Kier molecular flexibility index (Phi) is 3.62. The predicted octanol–water partition coefficient (Wildman–Crippen LogP) is 4.06. The Morgan fingerprint density at radius 3 is 2.10 bits per heavy atom. The van der Waals surface area contributed by atoms with E-state index in [0.717, 1.165) is 0 Å². The second kappa shape index (κ2) is 5.08. The molecule has 2 aromatic rings. The molecule has 0 amide bonds. The summed E-state index contributed by atoms with van der Waals surface area (Å²) in [4.78, 5) is 12.3. The fourth-order valence-electron chi connectivity index (χ4n) is 2.05. The maximum Gasteiger partial charge on any atom is 0.193 e. The smallest absolute Gasteiger partial charge is 0.193 e. The van der Waals surface area contributed by atoms with Gasteiger partial charge in [0, 0.05) is 11.1 Å². The normalized spacial score (nSPS) is 11.4. The molecule has 104 valence electrons. The fraction of sp³-hybridized carbons (Fsp3) is 0.235. The monoisotopic (exact) mass is 272 g/mol. The van der Waals surface area contributed by atoms with Crippen LogP contribution in [0.15, 0.2) is 42.5 Å². The quantitative estimate of drug-likeness (QED) is 0.837. The van der Waals surface area contributed by atoms with Gasteiger partial charge in [0.15, 0.2) is 5.78 Å². The van der Waals surface area contributed by atoms with E-state index in [1.165, 1.54) is 30.3 Å². The molecule has 3 heteroatoms. The maximum absolute atomic E-state index is 12.9. The van der Waals surface area contributed by atoms with Gasteiger partial charge in [-0.3, -0.25) is 4.79 Å². The largest absolute Gasteiger partial charge is 0.508 e. The van der Waals surface area contributed by atoms with Crippen LogP contribution in [-0.2, 0) is 5.41 Å². The van der Waals surface area contributed by atoms with Gasteiger partial charge in [0.25, 0.3) is 0 Å². The van der Waals surface area contributed by atoms with Crippen molar-refractivity contribution in [1.29, 1.82) is 0 Å². The van der Waals surface area contributed by atoms with Crippen LogP contribution in [0.5, 0.6) is 5.75 Å².